The quantitative estimate of drug-likeness (QED) is 0.882. The third kappa shape index (κ3) is 2.26. The molecule has 1 heterocycles. The molecule has 0 bridgehead atoms. The van der Waals surface area contributed by atoms with Crippen molar-refractivity contribution in [1.29, 1.82) is 0 Å². The number of rotatable bonds is 4. The van der Waals surface area contributed by atoms with E-state index in [1.54, 1.807) is 7.05 Å². The zero-order valence-corrected chi connectivity index (χ0v) is 10.5. The van der Waals surface area contributed by atoms with Gasteiger partial charge in [-0.05, 0) is 37.6 Å². The van der Waals surface area contributed by atoms with E-state index in [2.05, 4.69) is 19.2 Å². The van der Waals surface area contributed by atoms with Crippen molar-refractivity contribution in [3.8, 4) is 0 Å². The number of benzene rings is 1. The number of hydrogen-bond acceptors (Lipinski definition) is 3. The first-order chi connectivity index (χ1) is 8.13. The lowest BCUT2D eigenvalue weighted by Crippen LogP contribution is -2.19. The highest BCUT2D eigenvalue weighted by molar-refractivity contribution is 5.73. The Bertz CT molecular complexity index is 568. The summed E-state index contributed by atoms with van der Waals surface area (Å²) < 4.78 is 6.69. The van der Waals surface area contributed by atoms with Gasteiger partial charge in [-0.1, -0.05) is 13.0 Å². The van der Waals surface area contributed by atoms with Crippen LogP contribution in [0.4, 0.5) is 0 Å². The lowest BCUT2D eigenvalue weighted by atomic mass is 10.1. The van der Waals surface area contributed by atoms with Gasteiger partial charge in [-0.25, -0.2) is 4.79 Å². The second kappa shape index (κ2) is 4.75. The topological polar surface area (TPSA) is 47.2 Å². The van der Waals surface area contributed by atoms with E-state index in [0.717, 1.165) is 24.0 Å². The van der Waals surface area contributed by atoms with Gasteiger partial charge in [-0.2, -0.15) is 0 Å². The van der Waals surface area contributed by atoms with E-state index in [-0.39, 0.29) is 11.8 Å². The van der Waals surface area contributed by atoms with Crippen LogP contribution in [0.1, 0.15) is 31.9 Å². The maximum absolute atomic E-state index is 11.4. The number of aryl methyl sites for hydroxylation is 1. The number of oxazole rings is 1. The van der Waals surface area contributed by atoms with Crippen LogP contribution in [0, 0.1) is 0 Å². The van der Waals surface area contributed by atoms with Gasteiger partial charge in [-0.15, -0.1) is 0 Å². The molecule has 17 heavy (non-hydrogen) atoms. The van der Waals surface area contributed by atoms with Crippen LogP contribution in [-0.4, -0.2) is 11.1 Å². The summed E-state index contributed by atoms with van der Waals surface area (Å²) >= 11 is 0. The van der Waals surface area contributed by atoms with Crippen molar-refractivity contribution < 1.29 is 4.42 Å². The lowest BCUT2D eigenvalue weighted by Gasteiger charge is -2.13. The first-order valence-electron chi connectivity index (χ1n) is 5.96. The minimum Gasteiger partial charge on any atom is -0.408 e. The Morgan fingerprint density at radius 3 is 2.94 bits per heavy atom. The Kier molecular flexibility index (Phi) is 3.33. The molecular weight excluding hydrogens is 216 g/mol. The van der Waals surface area contributed by atoms with Gasteiger partial charge in [0.25, 0.3) is 0 Å². The highest BCUT2D eigenvalue weighted by Crippen LogP contribution is 2.19. The smallest absolute Gasteiger partial charge is 0.408 e. The van der Waals surface area contributed by atoms with Crippen LogP contribution in [0.15, 0.2) is 27.4 Å². The predicted molar refractivity (Wildman–Crippen MR) is 68.2 cm³/mol. The van der Waals surface area contributed by atoms with Crippen LogP contribution in [-0.2, 0) is 7.05 Å². The molecule has 1 atom stereocenters. The highest BCUT2D eigenvalue weighted by atomic mass is 16.4. The van der Waals surface area contributed by atoms with Gasteiger partial charge in [0.1, 0.15) is 0 Å². The van der Waals surface area contributed by atoms with Crippen molar-refractivity contribution >= 4 is 11.1 Å². The molecule has 92 valence electrons. The maximum atomic E-state index is 11.4. The molecule has 0 spiro atoms. The van der Waals surface area contributed by atoms with Crippen LogP contribution >= 0.6 is 0 Å². The average Bonchev–Trinajstić information content (AvgIpc) is 2.61. The monoisotopic (exact) mass is 234 g/mol. The fourth-order valence-corrected chi connectivity index (χ4v) is 1.90. The minimum atomic E-state index is -0.314. The van der Waals surface area contributed by atoms with Gasteiger partial charge < -0.3 is 9.73 Å². The molecule has 0 aliphatic carbocycles. The third-order valence-corrected chi connectivity index (χ3v) is 3.02. The standard InChI is InChI=1S/C13H18N2O2/c1-4-7-14-9(2)10-5-6-11-12(8-10)17-13(16)15(11)3/h5-6,8-9,14H,4,7H2,1-3H3. The normalized spacial score (nSPS) is 13.1. The summed E-state index contributed by atoms with van der Waals surface area (Å²) in [6.07, 6.45) is 1.10. The molecule has 0 saturated carbocycles. The molecule has 0 aliphatic heterocycles. The second-order valence-electron chi connectivity index (χ2n) is 4.33. The zero-order valence-electron chi connectivity index (χ0n) is 10.5. The van der Waals surface area contributed by atoms with E-state index in [0.29, 0.717) is 5.58 Å². The Labute approximate surface area is 100 Å². The number of nitrogens with one attached hydrogen (secondary N) is 1. The van der Waals surface area contributed by atoms with Crippen LogP contribution in [0.2, 0.25) is 0 Å². The van der Waals surface area contributed by atoms with Gasteiger partial charge in [0.05, 0.1) is 5.52 Å². The third-order valence-electron chi connectivity index (χ3n) is 3.02. The predicted octanol–water partition coefficient (Wildman–Crippen LogP) is 2.19. The van der Waals surface area contributed by atoms with Gasteiger partial charge in [-0.3, -0.25) is 4.57 Å². The number of aromatic nitrogens is 1. The first-order valence-corrected chi connectivity index (χ1v) is 5.96. The molecule has 0 fully saturated rings. The van der Waals surface area contributed by atoms with E-state index in [1.807, 2.05) is 18.2 Å². The summed E-state index contributed by atoms with van der Waals surface area (Å²) in [5.74, 6) is -0.314. The SMILES string of the molecule is CCCNC(C)c1ccc2c(c1)oc(=O)n2C. The molecule has 0 amide bonds. The van der Waals surface area contributed by atoms with Crippen LogP contribution in [0.5, 0.6) is 0 Å². The summed E-state index contributed by atoms with van der Waals surface area (Å²) in [6.45, 7) is 5.23. The summed E-state index contributed by atoms with van der Waals surface area (Å²) in [5, 5.41) is 3.41. The van der Waals surface area contributed by atoms with E-state index in [1.165, 1.54) is 4.57 Å². The van der Waals surface area contributed by atoms with Gasteiger partial charge in [0.15, 0.2) is 5.58 Å². The summed E-state index contributed by atoms with van der Waals surface area (Å²) in [7, 11) is 1.71. The molecule has 4 heteroatoms. The second-order valence-corrected chi connectivity index (χ2v) is 4.33. The molecule has 2 aromatic rings. The fourth-order valence-electron chi connectivity index (χ4n) is 1.90. The molecule has 0 radical (unpaired) electrons. The first kappa shape index (κ1) is 11.9. The minimum absolute atomic E-state index is 0.268. The number of hydrogen-bond donors (Lipinski definition) is 1. The summed E-state index contributed by atoms with van der Waals surface area (Å²) in [5.41, 5.74) is 2.63. The Morgan fingerprint density at radius 2 is 2.24 bits per heavy atom. The molecule has 2 rings (SSSR count). The van der Waals surface area contributed by atoms with Crippen molar-refractivity contribution in [3.63, 3.8) is 0 Å². The summed E-state index contributed by atoms with van der Waals surface area (Å²) in [6, 6.07) is 6.17. The van der Waals surface area contributed by atoms with Crippen molar-refractivity contribution in [2.45, 2.75) is 26.3 Å². The molecule has 0 aliphatic rings. The molecule has 1 unspecified atom stereocenters. The van der Waals surface area contributed by atoms with Gasteiger partial charge in [0.2, 0.25) is 0 Å². The average molecular weight is 234 g/mol. The Balaban J connectivity index is 2.34. The molecule has 1 N–H and O–H groups in total. The zero-order chi connectivity index (χ0) is 12.4. The number of fused-ring (bicyclic) bond motifs is 1. The van der Waals surface area contributed by atoms with Crippen LogP contribution < -0.4 is 11.1 Å². The summed E-state index contributed by atoms with van der Waals surface area (Å²) in [4.78, 5) is 11.4. The highest BCUT2D eigenvalue weighted by Gasteiger charge is 2.09. The lowest BCUT2D eigenvalue weighted by molar-refractivity contribution is 0.526. The van der Waals surface area contributed by atoms with Gasteiger partial charge in [0, 0.05) is 13.1 Å². The number of nitrogens with zero attached hydrogens (tertiary/aromatic N) is 1. The van der Waals surface area contributed by atoms with E-state index in [4.69, 9.17) is 4.42 Å². The molecule has 4 nitrogen and oxygen atoms in total. The van der Waals surface area contributed by atoms with E-state index < -0.39 is 0 Å². The molecular formula is C13H18N2O2. The van der Waals surface area contributed by atoms with Crippen LogP contribution in [0.25, 0.3) is 11.1 Å². The Hall–Kier alpha value is -1.55. The van der Waals surface area contributed by atoms with E-state index >= 15 is 0 Å². The Morgan fingerprint density at radius 1 is 1.47 bits per heavy atom. The molecule has 0 saturated heterocycles. The van der Waals surface area contributed by atoms with Gasteiger partial charge >= 0.3 is 5.76 Å². The van der Waals surface area contributed by atoms with E-state index in [9.17, 15) is 4.79 Å². The largest absolute Gasteiger partial charge is 0.419 e. The molecule has 1 aromatic heterocycles. The molecule has 1 aromatic carbocycles. The maximum Gasteiger partial charge on any atom is 0.419 e. The van der Waals surface area contributed by atoms with Crippen LogP contribution in [0.3, 0.4) is 0 Å². The fraction of sp³-hybridized carbons (Fsp3) is 0.462. The van der Waals surface area contributed by atoms with Crippen molar-refractivity contribution in [2.24, 2.45) is 7.05 Å². The van der Waals surface area contributed by atoms with Crippen molar-refractivity contribution in [3.05, 3.63) is 34.3 Å². The van der Waals surface area contributed by atoms with Crippen molar-refractivity contribution in [2.75, 3.05) is 6.54 Å². The van der Waals surface area contributed by atoms with Crippen molar-refractivity contribution in [1.82, 2.24) is 9.88 Å².